The molecule has 0 saturated carbocycles. The van der Waals surface area contributed by atoms with E-state index in [1.54, 1.807) is 30.3 Å². The standard InChI is InChI=1S/C19H15F5O6.C12H7F5O5.C7H8O/c1-19(8-25,9-29-18(27)28-7-10-5-3-2-4-6-10)17(26)30-16-14(23)12(21)11(20)13(22)15(16)24;1-12(2-20-11(19)21-3-12)10(18)22-9-7(16)5(14)4(13)6(15)8(9)17;8-6-7-4-2-1-3-5-7/h2-6,25H,7-9H2,1H3;2-3H2,1H3;1-5,8H,6H2. The first kappa shape index (κ1) is 48.0. The summed E-state index contributed by atoms with van der Waals surface area (Å²) in [5.74, 6) is -29.8. The Hall–Kier alpha value is -6.42. The average Bonchev–Trinajstić information content (AvgIpc) is 3.26. The van der Waals surface area contributed by atoms with Crippen LogP contribution in [0, 0.1) is 69.0 Å². The molecule has 5 rings (SSSR count). The van der Waals surface area contributed by atoms with Crippen molar-refractivity contribution in [2.75, 3.05) is 26.4 Å². The van der Waals surface area contributed by atoms with Crippen LogP contribution in [0.3, 0.4) is 0 Å². The van der Waals surface area contributed by atoms with Crippen molar-refractivity contribution in [3.63, 3.8) is 0 Å². The van der Waals surface area contributed by atoms with Gasteiger partial charge in [0.2, 0.25) is 69.7 Å². The molecule has 1 heterocycles. The van der Waals surface area contributed by atoms with Crippen molar-refractivity contribution in [2.45, 2.75) is 27.1 Å². The van der Waals surface area contributed by atoms with Gasteiger partial charge in [-0.1, -0.05) is 60.7 Å². The zero-order chi connectivity index (χ0) is 44.9. The molecule has 1 saturated heterocycles. The molecule has 1 aliphatic heterocycles. The molecule has 1 unspecified atom stereocenters. The van der Waals surface area contributed by atoms with Gasteiger partial charge >= 0.3 is 24.2 Å². The van der Waals surface area contributed by atoms with Gasteiger partial charge in [-0.05, 0) is 25.0 Å². The summed E-state index contributed by atoms with van der Waals surface area (Å²) < 4.78 is 159. The molecule has 0 aliphatic carbocycles. The highest BCUT2D eigenvalue weighted by molar-refractivity contribution is 5.81. The topological polar surface area (TPSA) is 164 Å². The molecular weight excluding hydrogens is 838 g/mol. The van der Waals surface area contributed by atoms with E-state index >= 15 is 0 Å². The second kappa shape index (κ2) is 21.0. The zero-order valence-corrected chi connectivity index (χ0v) is 30.8. The third-order valence-corrected chi connectivity index (χ3v) is 7.81. The molecule has 22 heteroatoms. The molecule has 0 aromatic heterocycles. The molecule has 0 radical (unpaired) electrons. The van der Waals surface area contributed by atoms with E-state index in [0.717, 1.165) is 19.4 Å². The van der Waals surface area contributed by atoms with Crippen LogP contribution in [-0.4, -0.2) is 60.9 Å². The second-order valence-corrected chi connectivity index (χ2v) is 12.6. The summed E-state index contributed by atoms with van der Waals surface area (Å²) in [6, 6.07) is 18.0. The minimum atomic E-state index is -2.43. The number of hydrogen-bond acceptors (Lipinski definition) is 12. The van der Waals surface area contributed by atoms with Crippen LogP contribution in [0.2, 0.25) is 0 Å². The van der Waals surface area contributed by atoms with E-state index in [-0.39, 0.29) is 13.2 Å². The Morgan fingerprint density at radius 3 is 1.43 bits per heavy atom. The molecule has 60 heavy (non-hydrogen) atoms. The van der Waals surface area contributed by atoms with Gasteiger partial charge in [0.15, 0.2) is 0 Å². The van der Waals surface area contributed by atoms with Crippen LogP contribution in [0.1, 0.15) is 25.0 Å². The van der Waals surface area contributed by atoms with Gasteiger partial charge in [0.1, 0.15) is 37.3 Å². The van der Waals surface area contributed by atoms with Gasteiger partial charge in [-0.2, -0.15) is 17.6 Å². The summed E-state index contributed by atoms with van der Waals surface area (Å²) >= 11 is 0. The van der Waals surface area contributed by atoms with Gasteiger partial charge < -0.3 is 38.6 Å². The van der Waals surface area contributed by atoms with E-state index in [1.807, 2.05) is 30.3 Å². The number of halogens is 10. The number of carbonyl (C=O) groups excluding carboxylic acids is 4. The minimum Gasteiger partial charge on any atom is -0.433 e. The van der Waals surface area contributed by atoms with Crippen LogP contribution >= 0.6 is 0 Å². The fourth-order valence-corrected chi connectivity index (χ4v) is 4.15. The normalized spacial score (nSPS) is 13.7. The van der Waals surface area contributed by atoms with Gasteiger partial charge in [0.05, 0.1) is 13.2 Å². The lowest BCUT2D eigenvalue weighted by Gasteiger charge is -2.29. The monoisotopic (exact) mass is 868 g/mol. The summed E-state index contributed by atoms with van der Waals surface area (Å²) in [5, 5.41) is 18.0. The number of ether oxygens (including phenoxy) is 6. The highest BCUT2D eigenvalue weighted by atomic mass is 19.2. The molecule has 12 nitrogen and oxygen atoms in total. The van der Waals surface area contributed by atoms with Gasteiger partial charge in [0.25, 0.3) is 0 Å². The SMILES string of the molecule is CC(CO)(COC(=O)OCc1ccccc1)C(=O)Oc1c(F)c(F)c(F)c(F)c1F.CC1(C(=O)Oc2c(F)c(F)c(F)c(F)c2F)COC(=O)OC1.OCc1ccccc1. The summed E-state index contributed by atoms with van der Waals surface area (Å²) in [7, 11) is 0. The summed E-state index contributed by atoms with van der Waals surface area (Å²) in [6.45, 7) is -0.885. The maximum atomic E-state index is 13.7. The Balaban J connectivity index is 0.000000278. The quantitative estimate of drug-likeness (QED) is 0.0539. The van der Waals surface area contributed by atoms with E-state index in [9.17, 15) is 68.2 Å². The van der Waals surface area contributed by atoms with E-state index < -0.39 is 131 Å². The average molecular weight is 869 g/mol. The third-order valence-electron chi connectivity index (χ3n) is 7.81. The number of esters is 2. The van der Waals surface area contributed by atoms with Crippen molar-refractivity contribution >= 4 is 24.2 Å². The maximum Gasteiger partial charge on any atom is 0.508 e. The van der Waals surface area contributed by atoms with E-state index in [2.05, 4.69) is 23.7 Å². The Bertz CT molecular complexity index is 2110. The van der Waals surface area contributed by atoms with Crippen LogP contribution in [0.4, 0.5) is 53.5 Å². The fourth-order valence-electron chi connectivity index (χ4n) is 4.15. The number of cyclic esters (lactones) is 2. The van der Waals surface area contributed by atoms with Gasteiger partial charge in [0, 0.05) is 0 Å². The zero-order valence-electron chi connectivity index (χ0n) is 30.8. The van der Waals surface area contributed by atoms with Gasteiger partial charge in [-0.25, -0.2) is 35.9 Å². The van der Waals surface area contributed by atoms with Crippen LogP contribution in [0.25, 0.3) is 0 Å². The molecule has 4 aromatic carbocycles. The first-order valence-electron chi connectivity index (χ1n) is 16.6. The van der Waals surface area contributed by atoms with Crippen LogP contribution in [-0.2, 0) is 41.8 Å². The van der Waals surface area contributed by atoms with Crippen LogP contribution in [0.5, 0.6) is 11.5 Å². The van der Waals surface area contributed by atoms with E-state index in [1.165, 1.54) is 0 Å². The lowest BCUT2D eigenvalue weighted by molar-refractivity contribution is -0.156. The largest absolute Gasteiger partial charge is 0.508 e. The first-order valence-corrected chi connectivity index (χ1v) is 16.6. The Morgan fingerprint density at radius 1 is 0.633 bits per heavy atom. The molecule has 1 aliphatic rings. The molecule has 0 amide bonds. The number of carbonyl (C=O) groups is 4. The number of aliphatic hydroxyl groups excluding tert-OH is 2. The summed E-state index contributed by atoms with van der Waals surface area (Å²) in [6.07, 6.45) is -2.30. The highest BCUT2D eigenvalue weighted by Crippen LogP contribution is 2.33. The summed E-state index contributed by atoms with van der Waals surface area (Å²) in [4.78, 5) is 46.4. The predicted molar refractivity (Wildman–Crippen MR) is 179 cm³/mol. The molecule has 2 N–H and O–H groups in total. The fraction of sp³-hybridized carbons (Fsp3) is 0.263. The van der Waals surface area contributed by atoms with Crippen molar-refractivity contribution in [3.05, 3.63) is 130 Å². The van der Waals surface area contributed by atoms with Gasteiger partial charge in [-0.3, -0.25) is 9.59 Å². The van der Waals surface area contributed by atoms with Crippen LogP contribution < -0.4 is 9.47 Å². The molecule has 324 valence electrons. The van der Waals surface area contributed by atoms with Crippen molar-refractivity contribution in [3.8, 4) is 11.5 Å². The summed E-state index contributed by atoms with van der Waals surface area (Å²) in [5.41, 5.74) is -2.15. The molecule has 1 fully saturated rings. The first-order chi connectivity index (χ1) is 28.2. The molecule has 1 atom stereocenters. The predicted octanol–water partition coefficient (Wildman–Crippen LogP) is 7.28. The molecular formula is C38H30F10O12. The van der Waals surface area contributed by atoms with Crippen molar-refractivity contribution in [1.29, 1.82) is 0 Å². The lowest BCUT2D eigenvalue weighted by Crippen LogP contribution is -2.45. The maximum absolute atomic E-state index is 13.7. The lowest BCUT2D eigenvalue weighted by atomic mass is 9.92. The third kappa shape index (κ3) is 11.8. The number of aliphatic hydroxyl groups is 2. The van der Waals surface area contributed by atoms with Crippen molar-refractivity contribution in [2.24, 2.45) is 10.8 Å². The van der Waals surface area contributed by atoms with E-state index in [4.69, 9.17) is 9.84 Å². The Kier molecular flexibility index (Phi) is 16.8. The highest BCUT2D eigenvalue weighted by Gasteiger charge is 2.44. The van der Waals surface area contributed by atoms with Gasteiger partial charge in [-0.15, -0.1) is 0 Å². The Morgan fingerprint density at radius 2 is 1.03 bits per heavy atom. The second-order valence-electron chi connectivity index (χ2n) is 12.6. The van der Waals surface area contributed by atoms with Crippen molar-refractivity contribution in [1.82, 2.24) is 0 Å². The smallest absolute Gasteiger partial charge is 0.433 e. The number of hydrogen-bond donors (Lipinski definition) is 2. The number of rotatable bonds is 10. The van der Waals surface area contributed by atoms with Crippen molar-refractivity contribution < 1.29 is 102 Å². The molecule has 4 aromatic rings. The Labute approximate surface area is 331 Å². The van der Waals surface area contributed by atoms with Crippen LogP contribution in [0.15, 0.2) is 60.7 Å². The molecule has 0 bridgehead atoms. The number of benzene rings is 4. The molecule has 0 spiro atoms. The van der Waals surface area contributed by atoms with E-state index in [0.29, 0.717) is 5.56 Å². The minimum absolute atomic E-state index is 0.140.